The molecule has 0 bridgehead atoms. The summed E-state index contributed by atoms with van der Waals surface area (Å²) in [5, 5.41) is 4.04. The van der Waals surface area contributed by atoms with Gasteiger partial charge in [0.05, 0.1) is 5.02 Å². The lowest BCUT2D eigenvalue weighted by atomic mass is 10.1. The fraction of sp³-hybridized carbons (Fsp3) is 0.316. The molecule has 24 heavy (non-hydrogen) atoms. The molecule has 2 heterocycles. The lowest BCUT2D eigenvalue weighted by Gasteiger charge is -2.16. The van der Waals surface area contributed by atoms with Gasteiger partial charge in [0.2, 0.25) is 0 Å². The minimum absolute atomic E-state index is 0.339. The molecule has 1 saturated carbocycles. The second-order valence-corrected chi connectivity index (χ2v) is 6.83. The van der Waals surface area contributed by atoms with Crippen LogP contribution in [-0.2, 0) is 0 Å². The normalized spacial score (nSPS) is 15.3. The third kappa shape index (κ3) is 2.65. The summed E-state index contributed by atoms with van der Waals surface area (Å²) in [6, 6.07) is 11.0. The number of aromatic nitrogens is 2. The number of aryl methyl sites for hydroxylation is 1. The Hall–Kier alpha value is -2.07. The third-order valence-electron chi connectivity index (χ3n) is 4.72. The van der Waals surface area contributed by atoms with E-state index < -0.39 is 0 Å². The molecular formula is C19H19ClFN3. The fourth-order valence-electron chi connectivity index (χ4n) is 3.52. The van der Waals surface area contributed by atoms with Crippen LogP contribution in [0, 0.1) is 12.7 Å². The van der Waals surface area contributed by atoms with Crippen molar-refractivity contribution in [2.24, 2.45) is 0 Å². The highest BCUT2D eigenvalue weighted by atomic mass is 35.5. The minimum Gasteiger partial charge on any atom is -0.367 e. The summed E-state index contributed by atoms with van der Waals surface area (Å²) in [4.78, 5) is 4.77. The number of fused-ring (bicyclic) bond motifs is 1. The van der Waals surface area contributed by atoms with Crippen LogP contribution in [0.4, 0.5) is 10.2 Å². The van der Waals surface area contributed by atoms with Crippen molar-refractivity contribution in [2.45, 2.75) is 38.6 Å². The molecule has 5 heteroatoms. The number of pyridine rings is 1. The molecule has 0 aliphatic heterocycles. The SMILES string of the molecule is Cc1cccc2nc(-c3ccc(F)cc3Cl)c(NC3CCCC3)n12. The van der Waals surface area contributed by atoms with E-state index in [9.17, 15) is 4.39 Å². The molecule has 1 aromatic carbocycles. The fourth-order valence-corrected chi connectivity index (χ4v) is 3.78. The summed E-state index contributed by atoms with van der Waals surface area (Å²) < 4.78 is 15.6. The smallest absolute Gasteiger partial charge is 0.139 e. The van der Waals surface area contributed by atoms with Crippen molar-refractivity contribution in [3.8, 4) is 11.3 Å². The van der Waals surface area contributed by atoms with Crippen LogP contribution in [0.15, 0.2) is 36.4 Å². The zero-order chi connectivity index (χ0) is 16.7. The summed E-state index contributed by atoms with van der Waals surface area (Å²) in [5.41, 5.74) is 3.50. The number of nitrogens with one attached hydrogen (secondary N) is 1. The second kappa shape index (κ2) is 6.10. The molecule has 2 aromatic heterocycles. The zero-order valence-corrected chi connectivity index (χ0v) is 14.3. The number of nitrogens with zero attached hydrogens (tertiary/aromatic N) is 2. The predicted octanol–water partition coefficient (Wildman–Crippen LogP) is 5.46. The quantitative estimate of drug-likeness (QED) is 0.684. The molecule has 4 rings (SSSR count). The van der Waals surface area contributed by atoms with Gasteiger partial charge in [0.15, 0.2) is 0 Å². The first kappa shape index (κ1) is 15.5. The highest BCUT2D eigenvalue weighted by Crippen LogP contribution is 2.36. The van der Waals surface area contributed by atoms with Gasteiger partial charge in [-0.15, -0.1) is 0 Å². The molecule has 3 aromatic rings. The van der Waals surface area contributed by atoms with Gasteiger partial charge in [-0.2, -0.15) is 0 Å². The van der Waals surface area contributed by atoms with E-state index in [4.69, 9.17) is 16.6 Å². The number of hydrogen-bond donors (Lipinski definition) is 1. The first-order valence-corrected chi connectivity index (χ1v) is 8.71. The van der Waals surface area contributed by atoms with E-state index in [-0.39, 0.29) is 5.82 Å². The molecular weight excluding hydrogens is 325 g/mol. The van der Waals surface area contributed by atoms with Gasteiger partial charge in [-0.05, 0) is 50.1 Å². The van der Waals surface area contributed by atoms with Crippen LogP contribution in [0.2, 0.25) is 5.02 Å². The number of benzene rings is 1. The van der Waals surface area contributed by atoms with E-state index in [0.29, 0.717) is 11.1 Å². The predicted molar refractivity (Wildman–Crippen MR) is 96.2 cm³/mol. The second-order valence-electron chi connectivity index (χ2n) is 6.42. The summed E-state index contributed by atoms with van der Waals surface area (Å²) in [6.07, 6.45) is 4.82. The Bertz CT molecular complexity index is 897. The summed E-state index contributed by atoms with van der Waals surface area (Å²) in [7, 11) is 0. The van der Waals surface area contributed by atoms with Gasteiger partial charge in [0.25, 0.3) is 0 Å². The zero-order valence-electron chi connectivity index (χ0n) is 13.5. The van der Waals surface area contributed by atoms with Crippen LogP contribution in [0.5, 0.6) is 0 Å². The topological polar surface area (TPSA) is 29.3 Å². The maximum atomic E-state index is 13.4. The highest BCUT2D eigenvalue weighted by Gasteiger charge is 2.22. The molecule has 0 atom stereocenters. The Balaban J connectivity index is 1.91. The summed E-state index contributed by atoms with van der Waals surface area (Å²) >= 11 is 6.30. The lowest BCUT2D eigenvalue weighted by molar-refractivity contribution is 0.628. The molecule has 0 spiro atoms. The van der Waals surface area contributed by atoms with E-state index >= 15 is 0 Å². The molecule has 3 nitrogen and oxygen atoms in total. The van der Waals surface area contributed by atoms with Crippen molar-refractivity contribution in [3.05, 3.63) is 52.9 Å². The maximum Gasteiger partial charge on any atom is 0.139 e. The number of hydrogen-bond acceptors (Lipinski definition) is 2. The number of imidazole rings is 1. The number of anilines is 1. The van der Waals surface area contributed by atoms with E-state index in [1.807, 2.05) is 12.1 Å². The van der Waals surface area contributed by atoms with Crippen LogP contribution in [0.1, 0.15) is 31.4 Å². The van der Waals surface area contributed by atoms with Crippen molar-refractivity contribution < 1.29 is 4.39 Å². The third-order valence-corrected chi connectivity index (χ3v) is 5.03. The van der Waals surface area contributed by atoms with Gasteiger partial charge in [-0.25, -0.2) is 9.37 Å². The van der Waals surface area contributed by atoms with Crippen LogP contribution < -0.4 is 5.32 Å². The molecule has 1 N–H and O–H groups in total. The largest absolute Gasteiger partial charge is 0.367 e. The average molecular weight is 344 g/mol. The summed E-state index contributed by atoms with van der Waals surface area (Å²) in [5.74, 6) is 0.609. The lowest BCUT2D eigenvalue weighted by Crippen LogP contribution is -2.17. The molecule has 0 unspecified atom stereocenters. The summed E-state index contributed by atoms with van der Waals surface area (Å²) in [6.45, 7) is 2.06. The Morgan fingerprint density at radius 3 is 2.75 bits per heavy atom. The number of halogens is 2. The van der Waals surface area contributed by atoms with Crippen LogP contribution in [0.25, 0.3) is 16.9 Å². The minimum atomic E-state index is -0.339. The first-order valence-electron chi connectivity index (χ1n) is 8.33. The molecule has 0 saturated heterocycles. The van der Waals surface area contributed by atoms with Gasteiger partial charge < -0.3 is 5.32 Å². The van der Waals surface area contributed by atoms with Crippen molar-refractivity contribution >= 4 is 23.1 Å². The Morgan fingerprint density at radius 1 is 1.21 bits per heavy atom. The van der Waals surface area contributed by atoms with Crippen molar-refractivity contribution in [3.63, 3.8) is 0 Å². The Labute approximate surface area is 145 Å². The molecule has 1 aliphatic rings. The standard InChI is InChI=1S/C19H19ClFN3/c1-12-5-4-8-17-23-18(15-10-9-13(21)11-16(15)20)19(24(12)17)22-14-6-2-3-7-14/h4-5,8-11,14,22H,2-3,6-7H2,1H3. The molecule has 1 aliphatic carbocycles. The van der Waals surface area contributed by atoms with Crippen molar-refractivity contribution in [1.82, 2.24) is 9.38 Å². The molecule has 0 amide bonds. The molecule has 124 valence electrons. The van der Waals surface area contributed by atoms with Gasteiger partial charge >= 0.3 is 0 Å². The van der Waals surface area contributed by atoms with Gasteiger partial charge in [0.1, 0.15) is 23.0 Å². The van der Waals surface area contributed by atoms with Crippen molar-refractivity contribution in [2.75, 3.05) is 5.32 Å². The van der Waals surface area contributed by atoms with Crippen molar-refractivity contribution in [1.29, 1.82) is 0 Å². The monoisotopic (exact) mass is 343 g/mol. The van der Waals surface area contributed by atoms with Crippen LogP contribution in [-0.4, -0.2) is 15.4 Å². The van der Waals surface area contributed by atoms with E-state index in [2.05, 4.69) is 22.7 Å². The first-order chi connectivity index (χ1) is 11.6. The average Bonchev–Trinajstić information content (AvgIpc) is 3.17. The van der Waals surface area contributed by atoms with Crippen LogP contribution >= 0.6 is 11.6 Å². The van der Waals surface area contributed by atoms with E-state index in [0.717, 1.165) is 41.3 Å². The van der Waals surface area contributed by atoms with E-state index in [1.54, 1.807) is 6.07 Å². The van der Waals surface area contributed by atoms with Gasteiger partial charge in [0, 0.05) is 17.3 Å². The number of rotatable bonds is 3. The highest BCUT2D eigenvalue weighted by molar-refractivity contribution is 6.33. The van der Waals surface area contributed by atoms with Gasteiger partial charge in [-0.3, -0.25) is 4.40 Å². The molecule has 1 fully saturated rings. The maximum absolute atomic E-state index is 13.4. The van der Waals surface area contributed by atoms with E-state index in [1.165, 1.54) is 25.0 Å². The van der Waals surface area contributed by atoms with Crippen LogP contribution in [0.3, 0.4) is 0 Å². The Morgan fingerprint density at radius 2 is 2.00 bits per heavy atom. The molecule has 0 radical (unpaired) electrons. The Kier molecular flexibility index (Phi) is 3.93. The van der Waals surface area contributed by atoms with Gasteiger partial charge in [-0.1, -0.05) is 30.5 Å².